The van der Waals surface area contributed by atoms with Crippen molar-refractivity contribution in [3.8, 4) is 6.07 Å². The van der Waals surface area contributed by atoms with E-state index in [9.17, 15) is 18.8 Å². The van der Waals surface area contributed by atoms with Gasteiger partial charge in [-0.1, -0.05) is 6.07 Å². The van der Waals surface area contributed by atoms with E-state index in [4.69, 9.17) is 4.74 Å². The fourth-order valence-electron chi connectivity index (χ4n) is 3.43. The minimum Gasteiger partial charge on any atom is -0.383 e. The molecule has 1 atom stereocenters. The number of likely N-dealkylation sites (N-methyl/N-ethyl adjacent to an activating group) is 1. The van der Waals surface area contributed by atoms with Gasteiger partial charge in [-0.05, 0) is 56.2 Å². The van der Waals surface area contributed by atoms with Crippen LogP contribution >= 0.6 is 0 Å². The van der Waals surface area contributed by atoms with Crippen LogP contribution in [0.2, 0.25) is 0 Å². The molecule has 2 rings (SSSR count). The molecule has 0 saturated heterocycles. The maximum absolute atomic E-state index is 13.4. The van der Waals surface area contributed by atoms with E-state index in [1.807, 2.05) is 32.9 Å². The molecule has 29 heavy (non-hydrogen) atoms. The number of aryl methyl sites for hydroxylation is 1. The molecule has 1 amide bonds. The van der Waals surface area contributed by atoms with Crippen molar-refractivity contribution in [1.29, 1.82) is 5.26 Å². The van der Waals surface area contributed by atoms with Crippen molar-refractivity contribution in [3.05, 3.63) is 64.0 Å². The number of nitriles is 1. The number of benzene rings is 1. The van der Waals surface area contributed by atoms with Crippen LogP contribution in [0.3, 0.4) is 0 Å². The van der Waals surface area contributed by atoms with Crippen molar-refractivity contribution < 1.29 is 18.3 Å². The molecule has 154 valence electrons. The standard InChI is InChI=1S/C22H25F2N3O2/c1-14-8-18(16(3)27(14)15(2)13-29-5)10-19(11-25)22(28)26(4)12-17-6-7-20(23)21(24)9-17/h6-10,15H,12-13H2,1-5H3/b19-10-. The molecule has 1 unspecified atom stereocenters. The minimum absolute atomic E-state index is 0.0327. The van der Waals surface area contributed by atoms with Crippen molar-refractivity contribution in [2.24, 2.45) is 0 Å². The Morgan fingerprint density at radius 2 is 2.00 bits per heavy atom. The van der Waals surface area contributed by atoms with Gasteiger partial charge in [0, 0.05) is 32.1 Å². The molecule has 0 radical (unpaired) electrons. The van der Waals surface area contributed by atoms with Crippen molar-refractivity contribution >= 4 is 12.0 Å². The van der Waals surface area contributed by atoms with Gasteiger partial charge in [0.25, 0.3) is 5.91 Å². The second kappa shape index (κ2) is 9.48. The number of hydrogen-bond acceptors (Lipinski definition) is 3. The Bertz CT molecular complexity index is 973. The van der Waals surface area contributed by atoms with Crippen LogP contribution in [0.5, 0.6) is 0 Å². The molecule has 1 aromatic heterocycles. The largest absolute Gasteiger partial charge is 0.383 e. The number of methoxy groups -OCH3 is 1. The number of carbonyl (C=O) groups excluding carboxylic acids is 1. The number of ether oxygens (including phenoxy) is 1. The van der Waals surface area contributed by atoms with Gasteiger partial charge >= 0.3 is 0 Å². The molecule has 0 N–H and O–H groups in total. The summed E-state index contributed by atoms with van der Waals surface area (Å²) in [6, 6.07) is 7.44. The second-order valence-corrected chi connectivity index (χ2v) is 7.08. The highest BCUT2D eigenvalue weighted by Gasteiger charge is 2.18. The monoisotopic (exact) mass is 401 g/mol. The Balaban J connectivity index is 2.27. The number of hydrogen-bond donors (Lipinski definition) is 0. The summed E-state index contributed by atoms with van der Waals surface area (Å²) >= 11 is 0. The molecular weight excluding hydrogens is 376 g/mol. The average Bonchev–Trinajstić information content (AvgIpc) is 2.95. The zero-order valence-corrected chi connectivity index (χ0v) is 17.3. The highest BCUT2D eigenvalue weighted by molar-refractivity contribution is 6.01. The molecule has 0 aliphatic rings. The molecule has 0 fully saturated rings. The Kier molecular flexibility index (Phi) is 7.29. The number of aromatic nitrogens is 1. The van der Waals surface area contributed by atoms with Crippen LogP contribution in [-0.2, 0) is 16.1 Å². The molecule has 7 heteroatoms. The smallest absolute Gasteiger partial charge is 0.264 e. The van der Waals surface area contributed by atoms with Gasteiger partial charge in [-0.2, -0.15) is 5.26 Å². The first-order valence-corrected chi connectivity index (χ1v) is 9.18. The third kappa shape index (κ3) is 5.09. The summed E-state index contributed by atoms with van der Waals surface area (Å²) in [4.78, 5) is 14.0. The molecule has 0 saturated carbocycles. The van der Waals surface area contributed by atoms with Gasteiger partial charge in [0.15, 0.2) is 11.6 Å². The van der Waals surface area contributed by atoms with Crippen LogP contribution in [0.15, 0.2) is 29.8 Å². The van der Waals surface area contributed by atoms with E-state index in [-0.39, 0.29) is 18.2 Å². The Labute approximate surface area is 169 Å². The maximum Gasteiger partial charge on any atom is 0.264 e. The van der Waals surface area contributed by atoms with Gasteiger partial charge in [0.1, 0.15) is 11.6 Å². The molecular formula is C22H25F2N3O2. The summed E-state index contributed by atoms with van der Waals surface area (Å²) < 4.78 is 33.8. The lowest BCUT2D eigenvalue weighted by Gasteiger charge is -2.18. The third-order valence-electron chi connectivity index (χ3n) is 4.77. The first kappa shape index (κ1) is 22.3. The summed E-state index contributed by atoms with van der Waals surface area (Å²) in [5, 5.41) is 9.51. The lowest BCUT2D eigenvalue weighted by molar-refractivity contribution is -0.125. The van der Waals surface area contributed by atoms with Gasteiger partial charge in [-0.15, -0.1) is 0 Å². The van der Waals surface area contributed by atoms with Crippen LogP contribution in [0.4, 0.5) is 8.78 Å². The van der Waals surface area contributed by atoms with E-state index in [1.54, 1.807) is 13.2 Å². The summed E-state index contributed by atoms with van der Waals surface area (Å²) in [5.41, 5.74) is 3.10. The Morgan fingerprint density at radius 3 is 2.59 bits per heavy atom. The summed E-state index contributed by atoms with van der Waals surface area (Å²) in [5.74, 6) is -2.41. The summed E-state index contributed by atoms with van der Waals surface area (Å²) in [6.07, 6.45) is 1.56. The molecule has 1 heterocycles. The Morgan fingerprint density at radius 1 is 1.31 bits per heavy atom. The molecule has 0 aliphatic carbocycles. The fourth-order valence-corrected chi connectivity index (χ4v) is 3.43. The van der Waals surface area contributed by atoms with E-state index in [2.05, 4.69) is 4.57 Å². The predicted octanol–water partition coefficient (Wildman–Crippen LogP) is 4.16. The SMILES string of the molecule is COCC(C)n1c(C)cc(/C=C(/C#N)C(=O)N(C)Cc2ccc(F)c(F)c2)c1C. The first-order valence-electron chi connectivity index (χ1n) is 9.18. The van der Waals surface area contributed by atoms with Crippen LogP contribution < -0.4 is 0 Å². The number of rotatable bonds is 7. The minimum atomic E-state index is -0.975. The van der Waals surface area contributed by atoms with E-state index >= 15 is 0 Å². The number of carbonyl (C=O) groups is 1. The molecule has 1 aromatic carbocycles. The molecule has 2 aromatic rings. The van der Waals surface area contributed by atoms with Gasteiger partial charge in [-0.25, -0.2) is 8.78 Å². The lowest BCUT2D eigenvalue weighted by atomic mass is 10.1. The highest BCUT2D eigenvalue weighted by Crippen LogP contribution is 2.23. The van der Waals surface area contributed by atoms with Crippen LogP contribution in [0.25, 0.3) is 6.08 Å². The average molecular weight is 401 g/mol. The zero-order valence-electron chi connectivity index (χ0n) is 17.3. The van der Waals surface area contributed by atoms with Crippen molar-refractivity contribution in [2.75, 3.05) is 20.8 Å². The van der Waals surface area contributed by atoms with Crippen LogP contribution in [0, 0.1) is 36.8 Å². The van der Waals surface area contributed by atoms with E-state index in [0.717, 1.165) is 29.1 Å². The maximum atomic E-state index is 13.4. The van der Waals surface area contributed by atoms with Crippen molar-refractivity contribution in [3.63, 3.8) is 0 Å². The topological polar surface area (TPSA) is 58.3 Å². The Hall–Kier alpha value is -2.98. The quantitative estimate of drug-likeness (QED) is 0.517. The summed E-state index contributed by atoms with van der Waals surface area (Å²) in [6.45, 7) is 6.51. The van der Waals surface area contributed by atoms with Crippen LogP contribution in [-0.4, -0.2) is 36.1 Å². The van der Waals surface area contributed by atoms with Crippen molar-refractivity contribution in [1.82, 2.24) is 9.47 Å². The van der Waals surface area contributed by atoms with Gasteiger partial charge < -0.3 is 14.2 Å². The fraction of sp³-hybridized carbons (Fsp3) is 0.364. The van der Waals surface area contributed by atoms with Crippen LogP contribution in [0.1, 0.15) is 35.5 Å². The van der Waals surface area contributed by atoms with E-state index in [0.29, 0.717) is 12.2 Å². The number of nitrogens with zero attached hydrogens (tertiary/aromatic N) is 3. The first-order chi connectivity index (χ1) is 13.7. The van der Waals surface area contributed by atoms with Crippen molar-refractivity contribution in [2.45, 2.75) is 33.4 Å². The molecule has 0 bridgehead atoms. The third-order valence-corrected chi connectivity index (χ3v) is 4.77. The number of halogens is 2. The second-order valence-electron chi connectivity index (χ2n) is 7.08. The van der Waals surface area contributed by atoms with Gasteiger partial charge in [0.05, 0.1) is 12.6 Å². The molecule has 0 aliphatic heterocycles. The highest BCUT2D eigenvalue weighted by atomic mass is 19.2. The predicted molar refractivity (Wildman–Crippen MR) is 107 cm³/mol. The molecule has 5 nitrogen and oxygen atoms in total. The van der Waals surface area contributed by atoms with Gasteiger partial charge in [-0.3, -0.25) is 4.79 Å². The lowest BCUT2D eigenvalue weighted by Crippen LogP contribution is -2.27. The normalized spacial score (nSPS) is 12.6. The number of amides is 1. The van der Waals surface area contributed by atoms with E-state index < -0.39 is 17.5 Å². The zero-order chi connectivity index (χ0) is 21.7. The summed E-state index contributed by atoms with van der Waals surface area (Å²) in [7, 11) is 3.15. The van der Waals surface area contributed by atoms with Gasteiger partial charge in [0.2, 0.25) is 0 Å². The van der Waals surface area contributed by atoms with E-state index in [1.165, 1.54) is 18.0 Å². The molecule has 0 spiro atoms.